The molecule has 0 unspecified atom stereocenters. The molecular weight excluding hydrogens is 201 g/mol. The zero-order chi connectivity index (χ0) is 11.0. The average Bonchev–Trinajstić information content (AvgIpc) is 2.81. The Morgan fingerprint density at radius 1 is 1.12 bits per heavy atom. The smallest absolute Gasteiger partial charge is 0.145 e. The molecule has 0 radical (unpaired) electrons. The van der Waals surface area contributed by atoms with E-state index in [1.165, 1.54) is 12.8 Å². The van der Waals surface area contributed by atoms with Crippen molar-refractivity contribution >= 4 is 10.9 Å². The molecule has 0 saturated heterocycles. The minimum absolute atomic E-state index is 0.134. The Labute approximate surface area is 94.3 Å². The number of nitrogens with zero attached hydrogens (tertiary/aromatic N) is 1. The van der Waals surface area contributed by atoms with Crippen LogP contribution in [0.2, 0.25) is 0 Å². The molecule has 0 bridgehead atoms. The van der Waals surface area contributed by atoms with Crippen molar-refractivity contribution in [2.24, 2.45) is 0 Å². The van der Waals surface area contributed by atoms with Crippen LogP contribution in [0.25, 0.3) is 10.9 Å². The first-order valence-electron chi connectivity index (χ1n) is 5.90. The fraction of sp³-hybridized carbons (Fsp3) is 0.357. The average molecular weight is 215 g/mol. The zero-order valence-electron chi connectivity index (χ0n) is 9.12. The number of fused-ring (bicyclic) bond motifs is 1. The largest absolute Gasteiger partial charge is 0.249 e. The van der Waals surface area contributed by atoms with Gasteiger partial charge in [-0.3, -0.25) is 0 Å². The van der Waals surface area contributed by atoms with Crippen LogP contribution in [0.1, 0.15) is 37.3 Å². The van der Waals surface area contributed by atoms with Gasteiger partial charge in [0.1, 0.15) is 5.82 Å². The van der Waals surface area contributed by atoms with Crippen molar-refractivity contribution in [3.63, 3.8) is 0 Å². The minimum atomic E-state index is -0.134. The normalized spacial score (nSPS) is 17.1. The number of para-hydroxylation sites is 1. The van der Waals surface area contributed by atoms with Crippen LogP contribution in [0.15, 0.2) is 30.3 Å². The maximum atomic E-state index is 13.9. The third-order valence-electron chi connectivity index (χ3n) is 3.45. The third-order valence-corrected chi connectivity index (χ3v) is 3.45. The number of hydrogen-bond acceptors (Lipinski definition) is 1. The SMILES string of the molecule is Fc1cc2ccccc2nc1C1CCCC1. The van der Waals surface area contributed by atoms with Crippen molar-refractivity contribution in [3.8, 4) is 0 Å². The van der Waals surface area contributed by atoms with E-state index in [2.05, 4.69) is 4.98 Å². The lowest BCUT2D eigenvalue weighted by atomic mass is 10.0. The molecule has 0 N–H and O–H groups in total. The molecule has 0 atom stereocenters. The molecule has 82 valence electrons. The van der Waals surface area contributed by atoms with Gasteiger partial charge in [0.2, 0.25) is 0 Å². The van der Waals surface area contributed by atoms with Gasteiger partial charge < -0.3 is 0 Å². The first-order chi connectivity index (χ1) is 7.84. The van der Waals surface area contributed by atoms with E-state index in [0.29, 0.717) is 11.6 Å². The van der Waals surface area contributed by atoms with E-state index in [0.717, 1.165) is 23.7 Å². The van der Waals surface area contributed by atoms with E-state index in [-0.39, 0.29) is 5.82 Å². The molecule has 0 aliphatic heterocycles. The predicted octanol–water partition coefficient (Wildman–Crippen LogP) is 4.03. The van der Waals surface area contributed by atoms with Crippen LogP contribution in [0.3, 0.4) is 0 Å². The summed E-state index contributed by atoms with van der Waals surface area (Å²) in [5.74, 6) is 0.204. The highest BCUT2D eigenvalue weighted by atomic mass is 19.1. The van der Waals surface area contributed by atoms with Crippen molar-refractivity contribution < 1.29 is 4.39 Å². The van der Waals surface area contributed by atoms with E-state index in [4.69, 9.17) is 0 Å². The molecule has 1 aliphatic rings. The van der Waals surface area contributed by atoms with Gasteiger partial charge >= 0.3 is 0 Å². The van der Waals surface area contributed by atoms with Gasteiger partial charge in [-0.2, -0.15) is 0 Å². The molecular formula is C14H14FN. The maximum Gasteiger partial charge on any atom is 0.145 e. The summed E-state index contributed by atoms with van der Waals surface area (Å²) in [6.07, 6.45) is 4.59. The van der Waals surface area contributed by atoms with Crippen LogP contribution in [-0.2, 0) is 0 Å². The minimum Gasteiger partial charge on any atom is -0.249 e. The number of benzene rings is 1. The molecule has 1 aromatic heterocycles. The van der Waals surface area contributed by atoms with Gasteiger partial charge in [-0.1, -0.05) is 31.0 Å². The Hall–Kier alpha value is -1.44. The van der Waals surface area contributed by atoms with Gasteiger partial charge in [0.15, 0.2) is 0 Å². The first kappa shape index (κ1) is 9.76. The van der Waals surface area contributed by atoms with Crippen molar-refractivity contribution in [3.05, 3.63) is 41.8 Å². The number of halogens is 1. The fourth-order valence-electron chi connectivity index (χ4n) is 2.59. The Bertz CT molecular complexity index is 515. The van der Waals surface area contributed by atoms with Gasteiger partial charge in [0.25, 0.3) is 0 Å². The number of pyridine rings is 1. The van der Waals surface area contributed by atoms with Crippen LogP contribution in [-0.4, -0.2) is 4.98 Å². The highest BCUT2D eigenvalue weighted by Crippen LogP contribution is 2.35. The highest BCUT2D eigenvalue weighted by molar-refractivity contribution is 5.78. The van der Waals surface area contributed by atoms with E-state index in [1.54, 1.807) is 6.07 Å². The first-order valence-corrected chi connectivity index (χ1v) is 5.90. The second-order valence-electron chi connectivity index (χ2n) is 4.53. The van der Waals surface area contributed by atoms with Crippen molar-refractivity contribution in [2.75, 3.05) is 0 Å². The molecule has 2 aromatic rings. The van der Waals surface area contributed by atoms with Crippen LogP contribution in [0.5, 0.6) is 0 Å². The van der Waals surface area contributed by atoms with E-state index >= 15 is 0 Å². The summed E-state index contributed by atoms with van der Waals surface area (Å²) >= 11 is 0. The zero-order valence-corrected chi connectivity index (χ0v) is 9.12. The standard InChI is InChI=1S/C14H14FN/c15-12-9-11-7-3-4-8-13(11)16-14(12)10-5-1-2-6-10/h3-4,7-10H,1-2,5-6H2. The summed E-state index contributed by atoms with van der Waals surface area (Å²) < 4.78 is 13.9. The molecule has 0 spiro atoms. The van der Waals surface area contributed by atoms with Gasteiger partial charge in [0, 0.05) is 11.3 Å². The molecule has 0 amide bonds. The van der Waals surface area contributed by atoms with Crippen molar-refractivity contribution in [2.45, 2.75) is 31.6 Å². The van der Waals surface area contributed by atoms with E-state index < -0.39 is 0 Å². The molecule has 16 heavy (non-hydrogen) atoms. The summed E-state index contributed by atoms with van der Waals surface area (Å²) in [7, 11) is 0. The summed E-state index contributed by atoms with van der Waals surface area (Å²) in [5, 5.41) is 0.891. The number of hydrogen-bond donors (Lipinski definition) is 0. The molecule has 2 heteroatoms. The quantitative estimate of drug-likeness (QED) is 0.699. The van der Waals surface area contributed by atoms with Gasteiger partial charge in [0.05, 0.1) is 11.2 Å². The maximum absolute atomic E-state index is 13.9. The summed E-state index contributed by atoms with van der Waals surface area (Å²) in [6.45, 7) is 0. The monoisotopic (exact) mass is 215 g/mol. The molecule has 1 fully saturated rings. The Balaban J connectivity index is 2.13. The van der Waals surface area contributed by atoms with Gasteiger partial charge in [-0.05, 0) is 25.0 Å². The second-order valence-corrected chi connectivity index (χ2v) is 4.53. The Kier molecular flexibility index (Phi) is 2.35. The van der Waals surface area contributed by atoms with E-state index in [9.17, 15) is 4.39 Å². The van der Waals surface area contributed by atoms with Gasteiger partial charge in [-0.15, -0.1) is 0 Å². The third kappa shape index (κ3) is 1.58. The molecule has 1 aliphatic carbocycles. The molecule has 3 rings (SSSR count). The molecule has 1 heterocycles. The molecule has 1 aromatic carbocycles. The van der Waals surface area contributed by atoms with Crippen LogP contribution in [0.4, 0.5) is 4.39 Å². The Morgan fingerprint density at radius 2 is 1.88 bits per heavy atom. The van der Waals surface area contributed by atoms with Gasteiger partial charge in [-0.25, -0.2) is 9.37 Å². The fourth-order valence-corrected chi connectivity index (χ4v) is 2.59. The summed E-state index contributed by atoms with van der Waals surface area (Å²) in [6, 6.07) is 9.34. The highest BCUT2D eigenvalue weighted by Gasteiger charge is 2.21. The van der Waals surface area contributed by atoms with Crippen LogP contribution < -0.4 is 0 Å². The topological polar surface area (TPSA) is 12.9 Å². The Morgan fingerprint density at radius 3 is 2.69 bits per heavy atom. The predicted molar refractivity (Wildman–Crippen MR) is 62.9 cm³/mol. The van der Waals surface area contributed by atoms with Crippen LogP contribution >= 0.6 is 0 Å². The second kappa shape index (κ2) is 3.85. The van der Waals surface area contributed by atoms with Crippen LogP contribution in [0, 0.1) is 5.82 Å². The molecule has 1 nitrogen and oxygen atoms in total. The lowest BCUT2D eigenvalue weighted by molar-refractivity contribution is 0.568. The van der Waals surface area contributed by atoms with Crippen molar-refractivity contribution in [1.29, 1.82) is 0 Å². The van der Waals surface area contributed by atoms with E-state index in [1.807, 2.05) is 24.3 Å². The lowest BCUT2D eigenvalue weighted by Crippen LogP contribution is -2.00. The lowest BCUT2D eigenvalue weighted by Gasteiger charge is -2.10. The molecule has 1 saturated carbocycles. The van der Waals surface area contributed by atoms with Crippen molar-refractivity contribution in [1.82, 2.24) is 4.98 Å². The number of aromatic nitrogens is 1. The number of rotatable bonds is 1. The summed E-state index contributed by atoms with van der Waals surface area (Å²) in [5.41, 5.74) is 1.59. The summed E-state index contributed by atoms with van der Waals surface area (Å²) in [4.78, 5) is 4.48.